The van der Waals surface area contributed by atoms with Crippen LogP contribution >= 0.6 is 11.8 Å². The van der Waals surface area contributed by atoms with Crippen LogP contribution in [-0.4, -0.2) is 37.4 Å². The second-order valence-electron chi connectivity index (χ2n) is 5.65. The molecule has 0 atom stereocenters. The van der Waals surface area contributed by atoms with Crippen LogP contribution in [0, 0.1) is 0 Å². The summed E-state index contributed by atoms with van der Waals surface area (Å²) in [7, 11) is 0. The number of allylic oxidation sites excluding steroid dienone is 1. The third-order valence-electron chi connectivity index (χ3n) is 3.68. The maximum atomic E-state index is 12.2. The standard InChI is InChI=1S/C19H17N5O3S/c1-2-10-24-17(14-4-3-9-20-11-14)22-23-19(24)28-12-16(25)21-15-7-5-13(6-8-15)18(26)27/h2-9,11H,1,10,12H2,(H,21,25)(H,26,27)/p-1. The Bertz CT molecular complexity index is 987. The van der Waals surface area contributed by atoms with Crippen molar-refractivity contribution in [2.45, 2.75) is 11.7 Å². The van der Waals surface area contributed by atoms with Crippen molar-refractivity contribution in [2.75, 3.05) is 11.1 Å². The van der Waals surface area contributed by atoms with Gasteiger partial charge in [0.15, 0.2) is 11.0 Å². The summed E-state index contributed by atoms with van der Waals surface area (Å²) in [5, 5.41) is 22.4. The predicted octanol–water partition coefficient (Wildman–Crippen LogP) is 1.62. The largest absolute Gasteiger partial charge is 0.545 e. The summed E-state index contributed by atoms with van der Waals surface area (Å²) >= 11 is 1.24. The van der Waals surface area contributed by atoms with Crippen LogP contribution in [0.1, 0.15) is 10.4 Å². The minimum atomic E-state index is -1.26. The van der Waals surface area contributed by atoms with Crippen LogP contribution in [0.4, 0.5) is 5.69 Å². The van der Waals surface area contributed by atoms with Gasteiger partial charge >= 0.3 is 0 Å². The lowest BCUT2D eigenvalue weighted by Gasteiger charge is -2.08. The van der Waals surface area contributed by atoms with Gasteiger partial charge in [0.25, 0.3) is 0 Å². The summed E-state index contributed by atoms with van der Waals surface area (Å²) in [5.74, 6) is -0.750. The monoisotopic (exact) mass is 394 g/mol. The molecule has 1 aromatic carbocycles. The number of nitrogens with zero attached hydrogens (tertiary/aromatic N) is 4. The lowest BCUT2D eigenvalue weighted by Crippen LogP contribution is -2.22. The highest BCUT2D eigenvalue weighted by atomic mass is 32.2. The molecule has 3 aromatic rings. The van der Waals surface area contributed by atoms with E-state index in [1.54, 1.807) is 18.5 Å². The van der Waals surface area contributed by atoms with Crippen molar-refractivity contribution in [2.24, 2.45) is 0 Å². The van der Waals surface area contributed by atoms with Crippen LogP contribution < -0.4 is 10.4 Å². The van der Waals surface area contributed by atoms with Crippen molar-refractivity contribution in [1.82, 2.24) is 19.7 Å². The fourth-order valence-corrected chi connectivity index (χ4v) is 3.16. The first kappa shape index (κ1) is 19.3. The molecular formula is C19H16N5O3S-. The van der Waals surface area contributed by atoms with Crippen LogP contribution in [0.25, 0.3) is 11.4 Å². The van der Waals surface area contributed by atoms with Crippen molar-refractivity contribution >= 4 is 29.3 Å². The Morgan fingerprint density at radius 3 is 2.64 bits per heavy atom. The Labute approximate surface area is 165 Å². The van der Waals surface area contributed by atoms with E-state index in [1.165, 1.54) is 36.0 Å². The molecule has 8 nitrogen and oxygen atoms in total. The normalized spacial score (nSPS) is 10.4. The number of rotatable bonds is 8. The SMILES string of the molecule is C=CCn1c(SCC(=O)Nc2ccc(C(=O)[O-])cc2)nnc1-c1cccnc1. The van der Waals surface area contributed by atoms with Gasteiger partial charge < -0.3 is 15.2 Å². The Morgan fingerprint density at radius 2 is 2.00 bits per heavy atom. The average molecular weight is 394 g/mol. The number of carboxylic acids is 1. The molecule has 0 unspecified atom stereocenters. The van der Waals surface area contributed by atoms with Gasteiger partial charge in [-0.3, -0.25) is 14.3 Å². The van der Waals surface area contributed by atoms with Crippen LogP contribution in [-0.2, 0) is 11.3 Å². The Hall–Kier alpha value is -3.46. The number of aromatic carboxylic acids is 1. The molecule has 1 amide bonds. The molecule has 142 valence electrons. The molecule has 0 aliphatic heterocycles. The van der Waals surface area contributed by atoms with E-state index in [1.807, 2.05) is 16.7 Å². The number of carbonyl (C=O) groups is 2. The molecule has 1 N–H and O–H groups in total. The van der Waals surface area contributed by atoms with Gasteiger partial charge in [-0.15, -0.1) is 16.8 Å². The van der Waals surface area contributed by atoms with Crippen LogP contribution in [0.2, 0.25) is 0 Å². The fourth-order valence-electron chi connectivity index (χ4n) is 2.41. The van der Waals surface area contributed by atoms with E-state index in [0.29, 0.717) is 23.2 Å². The van der Waals surface area contributed by atoms with Crippen molar-refractivity contribution < 1.29 is 14.7 Å². The van der Waals surface area contributed by atoms with Gasteiger partial charge in [0.1, 0.15) is 0 Å². The highest BCUT2D eigenvalue weighted by Crippen LogP contribution is 2.23. The van der Waals surface area contributed by atoms with Crippen LogP contribution in [0.15, 0.2) is 66.6 Å². The number of amides is 1. The quantitative estimate of drug-likeness (QED) is 0.456. The summed E-state index contributed by atoms with van der Waals surface area (Å²) in [6.45, 7) is 4.25. The zero-order valence-corrected chi connectivity index (χ0v) is 15.6. The highest BCUT2D eigenvalue weighted by Gasteiger charge is 2.15. The minimum Gasteiger partial charge on any atom is -0.545 e. The molecule has 2 heterocycles. The van der Waals surface area contributed by atoms with E-state index in [4.69, 9.17) is 0 Å². The maximum absolute atomic E-state index is 12.2. The summed E-state index contributed by atoms with van der Waals surface area (Å²) < 4.78 is 1.86. The van der Waals surface area contributed by atoms with E-state index in [9.17, 15) is 14.7 Å². The number of carboxylic acid groups (broad SMARTS) is 1. The fraction of sp³-hybridized carbons (Fsp3) is 0.105. The topological polar surface area (TPSA) is 113 Å². The second kappa shape index (κ2) is 8.96. The zero-order chi connectivity index (χ0) is 19.9. The molecule has 0 fully saturated rings. The predicted molar refractivity (Wildman–Crippen MR) is 104 cm³/mol. The van der Waals surface area contributed by atoms with Crippen LogP contribution in [0.3, 0.4) is 0 Å². The minimum absolute atomic E-state index is 0.0489. The van der Waals surface area contributed by atoms with Crippen molar-refractivity contribution in [1.29, 1.82) is 0 Å². The Morgan fingerprint density at radius 1 is 1.21 bits per heavy atom. The molecule has 0 aliphatic rings. The van der Waals surface area contributed by atoms with Gasteiger partial charge in [0.2, 0.25) is 5.91 Å². The lowest BCUT2D eigenvalue weighted by molar-refractivity contribution is -0.255. The van der Waals surface area contributed by atoms with Gasteiger partial charge in [-0.05, 0) is 29.8 Å². The molecular weight excluding hydrogens is 378 g/mol. The number of thioether (sulfide) groups is 1. The van der Waals surface area contributed by atoms with Gasteiger partial charge in [-0.1, -0.05) is 30.0 Å². The van der Waals surface area contributed by atoms with E-state index >= 15 is 0 Å². The molecule has 0 bridgehead atoms. The number of carbonyl (C=O) groups excluding carboxylic acids is 2. The first-order valence-corrected chi connectivity index (χ1v) is 9.25. The summed E-state index contributed by atoms with van der Waals surface area (Å²) in [4.78, 5) is 27.0. The number of hydrogen-bond acceptors (Lipinski definition) is 7. The number of nitrogens with one attached hydrogen (secondary N) is 1. The van der Waals surface area contributed by atoms with E-state index in [2.05, 4.69) is 27.1 Å². The third kappa shape index (κ3) is 4.63. The van der Waals surface area contributed by atoms with Crippen molar-refractivity contribution in [3.05, 3.63) is 67.0 Å². The van der Waals surface area contributed by atoms with Gasteiger partial charge in [0, 0.05) is 30.2 Å². The molecule has 3 rings (SSSR count). The molecule has 0 aliphatic carbocycles. The summed E-state index contributed by atoms with van der Waals surface area (Å²) in [6, 6.07) is 9.46. The maximum Gasteiger partial charge on any atom is 0.234 e. The summed E-state index contributed by atoms with van der Waals surface area (Å²) in [6.07, 6.45) is 5.10. The summed E-state index contributed by atoms with van der Waals surface area (Å²) in [5.41, 5.74) is 1.37. The molecule has 0 spiro atoms. The molecule has 0 saturated heterocycles. The number of hydrogen-bond donors (Lipinski definition) is 1. The van der Waals surface area contributed by atoms with Crippen LogP contribution in [0.5, 0.6) is 0 Å². The molecule has 2 aromatic heterocycles. The number of aromatic nitrogens is 4. The number of anilines is 1. The number of pyridine rings is 1. The van der Waals surface area contributed by atoms with E-state index < -0.39 is 5.97 Å². The average Bonchev–Trinajstić information content (AvgIpc) is 3.10. The first-order valence-electron chi connectivity index (χ1n) is 8.27. The van der Waals surface area contributed by atoms with Crippen molar-refractivity contribution in [3.63, 3.8) is 0 Å². The zero-order valence-electron chi connectivity index (χ0n) is 14.7. The van der Waals surface area contributed by atoms with Gasteiger partial charge in [-0.25, -0.2) is 0 Å². The Balaban J connectivity index is 1.66. The Kier molecular flexibility index (Phi) is 6.18. The smallest absolute Gasteiger partial charge is 0.234 e. The first-order chi connectivity index (χ1) is 13.6. The van der Waals surface area contributed by atoms with E-state index in [-0.39, 0.29) is 17.2 Å². The van der Waals surface area contributed by atoms with Crippen molar-refractivity contribution in [3.8, 4) is 11.4 Å². The lowest BCUT2D eigenvalue weighted by atomic mass is 10.2. The molecule has 0 radical (unpaired) electrons. The van der Waals surface area contributed by atoms with Gasteiger partial charge in [-0.2, -0.15) is 0 Å². The molecule has 28 heavy (non-hydrogen) atoms. The van der Waals surface area contributed by atoms with Gasteiger partial charge in [0.05, 0.1) is 11.7 Å². The molecule has 9 heteroatoms. The number of benzene rings is 1. The molecule has 0 saturated carbocycles. The second-order valence-corrected chi connectivity index (χ2v) is 6.59. The third-order valence-corrected chi connectivity index (χ3v) is 4.65. The highest BCUT2D eigenvalue weighted by molar-refractivity contribution is 7.99. The van der Waals surface area contributed by atoms with E-state index in [0.717, 1.165) is 5.56 Å².